The Bertz CT molecular complexity index is 1010. The van der Waals surface area contributed by atoms with Crippen LogP contribution in [0.4, 0.5) is 36.3 Å². The maximum atomic E-state index is 13.5. The molecule has 6 nitrogen and oxygen atoms in total. The van der Waals surface area contributed by atoms with Crippen LogP contribution in [-0.2, 0) is 6.18 Å². The highest BCUT2D eigenvalue weighted by Crippen LogP contribution is 2.35. The highest BCUT2D eigenvalue weighted by molar-refractivity contribution is 5.63. The summed E-state index contributed by atoms with van der Waals surface area (Å²) in [6.07, 6.45) is 0.546. The molecule has 0 atom stereocenters. The second-order valence-electron chi connectivity index (χ2n) is 7.37. The first-order chi connectivity index (χ1) is 15.9. The Morgan fingerprint density at radius 3 is 2.09 bits per heavy atom. The van der Waals surface area contributed by atoms with Crippen LogP contribution in [0, 0.1) is 0 Å². The van der Waals surface area contributed by atoms with E-state index in [0.29, 0.717) is 29.5 Å². The van der Waals surface area contributed by atoms with Crippen molar-refractivity contribution in [3.63, 3.8) is 0 Å². The predicted molar refractivity (Wildman–Crippen MR) is 123 cm³/mol. The maximum Gasteiger partial charge on any atom is 0.421 e. The second kappa shape index (κ2) is 11.4. The van der Waals surface area contributed by atoms with Crippen LogP contribution in [0.3, 0.4) is 0 Å². The molecule has 3 aromatic rings. The average molecular weight is 461 g/mol. The van der Waals surface area contributed by atoms with E-state index in [-0.39, 0.29) is 11.8 Å². The molecule has 0 saturated heterocycles. The van der Waals surface area contributed by atoms with Crippen molar-refractivity contribution < 1.29 is 22.6 Å². The van der Waals surface area contributed by atoms with Gasteiger partial charge in [-0.25, -0.2) is 4.98 Å². The number of benzene rings is 2. The Hall–Kier alpha value is -3.49. The third-order valence-corrected chi connectivity index (χ3v) is 4.82. The number of methoxy groups -OCH3 is 1. The number of alkyl halides is 3. The van der Waals surface area contributed by atoms with Crippen LogP contribution in [0.15, 0.2) is 54.7 Å². The van der Waals surface area contributed by atoms with Crippen molar-refractivity contribution >= 4 is 23.1 Å². The molecule has 33 heavy (non-hydrogen) atoms. The SMILES string of the molecule is CCCCCCOc1ccc(Nc2nc(Nc3ccc(OC)cc3)ncc2C(F)(F)F)cc1. The van der Waals surface area contributed by atoms with Crippen molar-refractivity contribution in [1.82, 2.24) is 9.97 Å². The molecule has 2 N–H and O–H groups in total. The van der Waals surface area contributed by atoms with Gasteiger partial charge in [-0.2, -0.15) is 18.2 Å². The normalized spacial score (nSPS) is 11.2. The maximum absolute atomic E-state index is 13.5. The molecule has 0 bridgehead atoms. The zero-order valence-corrected chi connectivity index (χ0v) is 18.6. The molecule has 9 heteroatoms. The van der Waals surface area contributed by atoms with E-state index in [2.05, 4.69) is 27.5 Å². The zero-order valence-electron chi connectivity index (χ0n) is 18.6. The summed E-state index contributed by atoms with van der Waals surface area (Å²) in [4.78, 5) is 7.88. The van der Waals surface area contributed by atoms with Gasteiger partial charge >= 0.3 is 6.18 Å². The molecule has 0 aliphatic heterocycles. The van der Waals surface area contributed by atoms with E-state index in [1.54, 1.807) is 55.6 Å². The summed E-state index contributed by atoms with van der Waals surface area (Å²) in [6, 6.07) is 13.6. The number of unbranched alkanes of at least 4 members (excludes halogenated alkanes) is 3. The number of aromatic nitrogens is 2. The Morgan fingerprint density at radius 1 is 0.848 bits per heavy atom. The monoisotopic (exact) mass is 460 g/mol. The molecule has 0 aliphatic rings. The van der Waals surface area contributed by atoms with Gasteiger partial charge in [0.15, 0.2) is 0 Å². The highest BCUT2D eigenvalue weighted by atomic mass is 19.4. The molecule has 0 fully saturated rings. The predicted octanol–water partition coefficient (Wildman–Crippen LogP) is 6.95. The molecule has 0 amide bonds. The Kier molecular flexibility index (Phi) is 8.34. The van der Waals surface area contributed by atoms with Crippen molar-refractivity contribution in [1.29, 1.82) is 0 Å². The summed E-state index contributed by atoms with van der Waals surface area (Å²) in [6.45, 7) is 2.75. The fourth-order valence-corrected chi connectivity index (χ4v) is 3.04. The van der Waals surface area contributed by atoms with E-state index in [9.17, 15) is 13.2 Å². The molecule has 0 spiro atoms. The minimum absolute atomic E-state index is 0.0303. The third-order valence-electron chi connectivity index (χ3n) is 4.82. The van der Waals surface area contributed by atoms with Crippen LogP contribution in [-0.4, -0.2) is 23.7 Å². The summed E-state index contributed by atoms with van der Waals surface area (Å²) < 4.78 is 51.3. The van der Waals surface area contributed by atoms with Gasteiger partial charge in [-0.15, -0.1) is 0 Å². The number of hydrogen-bond acceptors (Lipinski definition) is 6. The summed E-state index contributed by atoms with van der Waals surface area (Å²) >= 11 is 0. The number of nitrogens with one attached hydrogen (secondary N) is 2. The van der Waals surface area contributed by atoms with Crippen LogP contribution in [0.1, 0.15) is 38.2 Å². The smallest absolute Gasteiger partial charge is 0.421 e. The summed E-state index contributed by atoms with van der Waals surface area (Å²) in [5, 5.41) is 5.65. The topological polar surface area (TPSA) is 68.3 Å². The summed E-state index contributed by atoms with van der Waals surface area (Å²) in [5.41, 5.74) is 0.105. The van der Waals surface area contributed by atoms with E-state index >= 15 is 0 Å². The van der Waals surface area contributed by atoms with Gasteiger partial charge in [0.2, 0.25) is 5.95 Å². The Morgan fingerprint density at radius 2 is 1.48 bits per heavy atom. The largest absolute Gasteiger partial charge is 0.497 e. The lowest BCUT2D eigenvalue weighted by molar-refractivity contribution is -0.137. The van der Waals surface area contributed by atoms with E-state index in [1.165, 1.54) is 6.42 Å². The first-order valence-corrected chi connectivity index (χ1v) is 10.7. The Labute approximate surface area is 191 Å². The minimum Gasteiger partial charge on any atom is -0.497 e. The highest BCUT2D eigenvalue weighted by Gasteiger charge is 2.35. The molecule has 176 valence electrons. The van der Waals surface area contributed by atoms with Gasteiger partial charge < -0.3 is 20.1 Å². The van der Waals surface area contributed by atoms with Crippen LogP contribution < -0.4 is 20.1 Å². The molecule has 0 radical (unpaired) electrons. The third kappa shape index (κ3) is 7.27. The van der Waals surface area contributed by atoms with Crippen molar-refractivity contribution in [2.24, 2.45) is 0 Å². The van der Waals surface area contributed by atoms with Crippen LogP contribution in [0.2, 0.25) is 0 Å². The number of nitrogens with zero attached hydrogens (tertiary/aromatic N) is 2. The summed E-state index contributed by atoms with van der Waals surface area (Å²) in [5.74, 6) is 1.01. The molecule has 1 aromatic heterocycles. The van der Waals surface area contributed by atoms with Crippen LogP contribution in [0.25, 0.3) is 0 Å². The van der Waals surface area contributed by atoms with Gasteiger partial charge in [-0.3, -0.25) is 0 Å². The molecular formula is C24H27F3N4O2. The molecule has 0 unspecified atom stereocenters. The number of hydrogen-bond donors (Lipinski definition) is 2. The zero-order chi connectivity index (χ0) is 23.7. The quantitative estimate of drug-likeness (QED) is 0.302. The number of anilines is 4. The molecular weight excluding hydrogens is 433 g/mol. The summed E-state index contributed by atoms with van der Waals surface area (Å²) in [7, 11) is 1.55. The minimum atomic E-state index is -4.61. The van der Waals surface area contributed by atoms with E-state index in [4.69, 9.17) is 9.47 Å². The standard InChI is InChI=1S/C24H27F3N4O2/c1-3-4-5-6-15-33-20-13-9-17(10-14-20)29-22-21(24(25,26)27)16-28-23(31-22)30-18-7-11-19(32-2)12-8-18/h7-14,16H,3-6,15H2,1-2H3,(H2,28,29,30,31). The van der Waals surface area contributed by atoms with Crippen molar-refractivity contribution in [2.75, 3.05) is 24.4 Å². The molecule has 3 rings (SSSR count). The van der Waals surface area contributed by atoms with Crippen molar-refractivity contribution in [3.8, 4) is 11.5 Å². The second-order valence-corrected chi connectivity index (χ2v) is 7.37. The fourth-order valence-electron chi connectivity index (χ4n) is 3.04. The van der Waals surface area contributed by atoms with E-state index in [1.807, 2.05) is 0 Å². The first kappa shape index (κ1) is 24.2. The first-order valence-electron chi connectivity index (χ1n) is 10.7. The van der Waals surface area contributed by atoms with E-state index < -0.39 is 11.7 Å². The van der Waals surface area contributed by atoms with Gasteiger partial charge in [0.05, 0.1) is 13.7 Å². The molecule has 0 saturated carbocycles. The number of halogens is 3. The van der Waals surface area contributed by atoms with Gasteiger partial charge in [0.25, 0.3) is 0 Å². The van der Waals surface area contributed by atoms with Gasteiger partial charge in [0.1, 0.15) is 22.9 Å². The Balaban J connectivity index is 1.72. The van der Waals surface area contributed by atoms with Gasteiger partial charge in [-0.05, 0) is 55.0 Å². The van der Waals surface area contributed by atoms with Crippen LogP contribution in [0.5, 0.6) is 11.5 Å². The van der Waals surface area contributed by atoms with Gasteiger partial charge in [-0.1, -0.05) is 26.2 Å². The molecule has 0 aliphatic carbocycles. The van der Waals surface area contributed by atoms with Crippen molar-refractivity contribution in [2.45, 2.75) is 38.8 Å². The lowest BCUT2D eigenvalue weighted by atomic mass is 10.2. The molecule has 1 heterocycles. The van der Waals surface area contributed by atoms with Gasteiger partial charge in [0, 0.05) is 17.6 Å². The number of rotatable bonds is 11. The van der Waals surface area contributed by atoms with E-state index in [0.717, 1.165) is 25.5 Å². The van der Waals surface area contributed by atoms with Crippen LogP contribution >= 0.6 is 0 Å². The molecule has 2 aromatic carbocycles. The fraction of sp³-hybridized carbons (Fsp3) is 0.333. The lowest BCUT2D eigenvalue weighted by Crippen LogP contribution is -2.12. The average Bonchev–Trinajstić information content (AvgIpc) is 2.80. The number of ether oxygens (including phenoxy) is 2. The lowest BCUT2D eigenvalue weighted by Gasteiger charge is -2.15. The van der Waals surface area contributed by atoms with Crippen molar-refractivity contribution in [3.05, 3.63) is 60.3 Å².